The minimum absolute atomic E-state index is 0.142. The van der Waals surface area contributed by atoms with Crippen molar-refractivity contribution in [1.29, 1.82) is 0 Å². The van der Waals surface area contributed by atoms with E-state index in [1.54, 1.807) is 7.11 Å². The van der Waals surface area contributed by atoms with Gasteiger partial charge in [-0.2, -0.15) is 0 Å². The summed E-state index contributed by atoms with van der Waals surface area (Å²) >= 11 is 0. The van der Waals surface area contributed by atoms with E-state index in [9.17, 15) is 5.11 Å². The smallest absolute Gasteiger partial charge is 0.203 e. The van der Waals surface area contributed by atoms with Gasteiger partial charge in [0.15, 0.2) is 11.5 Å². The molecule has 1 aliphatic rings. The Morgan fingerprint density at radius 2 is 2.12 bits per heavy atom. The van der Waals surface area contributed by atoms with Crippen LogP contribution in [-0.2, 0) is 6.42 Å². The van der Waals surface area contributed by atoms with Crippen molar-refractivity contribution < 1.29 is 14.6 Å². The zero-order chi connectivity index (χ0) is 11.7. The number of hydrogen-bond donors (Lipinski definition) is 2. The van der Waals surface area contributed by atoms with E-state index >= 15 is 0 Å². The fourth-order valence-electron chi connectivity index (χ4n) is 2.26. The molecule has 2 N–H and O–H groups in total. The Bertz CT molecular complexity index is 404. The van der Waals surface area contributed by atoms with E-state index < -0.39 is 0 Å². The van der Waals surface area contributed by atoms with Gasteiger partial charge in [0.05, 0.1) is 14.2 Å². The van der Waals surface area contributed by atoms with Crippen LogP contribution in [0.2, 0.25) is 0 Å². The van der Waals surface area contributed by atoms with Crippen molar-refractivity contribution in [3.63, 3.8) is 0 Å². The lowest BCUT2D eigenvalue weighted by molar-refractivity contribution is 0.326. The number of phenols is 1. The van der Waals surface area contributed by atoms with Crippen LogP contribution >= 0.6 is 0 Å². The topological polar surface area (TPSA) is 50.7 Å². The second kappa shape index (κ2) is 4.22. The Kier molecular flexibility index (Phi) is 2.92. The first-order valence-electron chi connectivity index (χ1n) is 5.39. The Morgan fingerprint density at radius 3 is 2.75 bits per heavy atom. The van der Waals surface area contributed by atoms with Crippen LogP contribution in [0.3, 0.4) is 0 Å². The summed E-state index contributed by atoms with van der Waals surface area (Å²) in [5.41, 5.74) is 2.05. The molecule has 2 rings (SSSR count). The fraction of sp³-hybridized carbons (Fsp3) is 0.500. The molecule has 1 aromatic carbocycles. The zero-order valence-electron chi connectivity index (χ0n) is 9.83. The van der Waals surface area contributed by atoms with Crippen LogP contribution in [0.25, 0.3) is 0 Å². The van der Waals surface area contributed by atoms with Crippen molar-refractivity contribution in [2.24, 2.45) is 0 Å². The third-order valence-corrected chi connectivity index (χ3v) is 3.05. The zero-order valence-corrected chi connectivity index (χ0v) is 9.83. The minimum Gasteiger partial charge on any atom is -0.504 e. The number of rotatable bonds is 2. The van der Waals surface area contributed by atoms with Gasteiger partial charge in [-0.25, -0.2) is 0 Å². The Morgan fingerprint density at radius 1 is 1.38 bits per heavy atom. The maximum Gasteiger partial charge on any atom is 0.203 e. The molecule has 1 unspecified atom stereocenters. The van der Waals surface area contributed by atoms with Gasteiger partial charge in [-0.05, 0) is 31.5 Å². The van der Waals surface area contributed by atoms with Crippen LogP contribution in [-0.4, -0.2) is 25.9 Å². The monoisotopic (exact) mass is 223 g/mol. The SMILES string of the molecule is COc1cc2c(c(O)c1OC)C(C)NCC2. The van der Waals surface area contributed by atoms with Crippen LogP contribution in [0.15, 0.2) is 6.07 Å². The summed E-state index contributed by atoms with van der Waals surface area (Å²) in [5, 5.41) is 13.5. The first kappa shape index (κ1) is 11.1. The summed E-state index contributed by atoms with van der Waals surface area (Å²) in [5.74, 6) is 1.20. The normalized spacial score (nSPS) is 19.1. The molecule has 0 bridgehead atoms. The summed E-state index contributed by atoms with van der Waals surface area (Å²) in [7, 11) is 3.11. The molecule has 16 heavy (non-hydrogen) atoms. The first-order chi connectivity index (χ1) is 7.69. The van der Waals surface area contributed by atoms with Gasteiger partial charge in [0.2, 0.25) is 5.75 Å². The van der Waals surface area contributed by atoms with E-state index in [-0.39, 0.29) is 11.8 Å². The molecule has 1 aromatic rings. The van der Waals surface area contributed by atoms with E-state index in [0.29, 0.717) is 11.5 Å². The second-order valence-electron chi connectivity index (χ2n) is 3.96. The number of hydrogen-bond acceptors (Lipinski definition) is 4. The standard InChI is InChI=1S/C12H17NO3/c1-7-10-8(4-5-13-7)6-9(15-2)12(16-3)11(10)14/h6-7,13-14H,4-5H2,1-3H3. The lowest BCUT2D eigenvalue weighted by Crippen LogP contribution is -2.28. The largest absolute Gasteiger partial charge is 0.504 e. The van der Waals surface area contributed by atoms with E-state index in [4.69, 9.17) is 9.47 Å². The van der Waals surface area contributed by atoms with Gasteiger partial charge in [0, 0.05) is 11.6 Å². The molecule has 0 amide bonds. The molecule has 4 nitrogen and oxygen atoms in total. The average molecular weight is 223 g/mol. The van der Waals surface area contributed by atoms with Crippen molar-refractivity contribution in [3.05, 3.63) is 17.2 Å². The summed E-state index contributed by atoms with van der Waals surface area (Å²) in [4.78, 5) is 0. The molecule has 1 aliphatic heterocycles. The fourth-order valence-corrected chi connectivity index (χ4v) is 2.26. The van der Waals surface area contributed by atoms with Gasteiger partial charge in [-0.15, -0.1) is 0 Å². The molecule has 0 radical (unpaired) electrons. The first-order valence-corrected chi connectivity index (χ1v) is 5.39. The third kappa shape index (κ3) is 1.59. The summed E-state index contributed by atoms with van der Waals surface area (Å²) in [6.45, 7) is 2.95. The lowest BCUT2D eigenvalue weighted by Gasteiger charge is -2.26. The van der Waals surface area contributed by atoms with Crippen molar-refractivity contribution in [1.82, 2.24) is 5.32 Å². The molecule has 0 aliphatic carbocycles. The van der Waals surface area contributed by atoms with Crippen molar-refractivity contribution in [2.75, 3.05) is 20.8 Å². The van der Waals surface area contributed by atoms with Gasteiger partial charge in [0.25, 0.3) is 0 Å². The van der Waals surface area contributed by atoms with E-state index in [1.165, 1.54) is 7.11 Å². The highest BCUT2D eigenvalue weighted by Crippen LogP contribution is 2.44. The second-order valence-corrected chi connectivity index (χ2v) is 3.96. The molecule has 1 heterocycles. The van der Waals surface area contributed by atoms with Gasteiger partial charge in [0.1, 0.15) is 0 Å². The predicted octanol–water partition coefficient (Wildman–Crippen LogP) is 1.62. The van der Waals surface area contributed by atoms with Crippen LogP contribution < -0.4 is 14.8 Å². The molecule has 88 valence electrons. The molecule has 0 saturated heterocycles. The number of nitrogens with one attached hydrogen (secondary N) is 1. The minimum atomic E-state index is 0.142. The van der Waals surface area contributed by atoms with Crippen LogP contribution in [0.1, 0.15) is 24.1 Å². The maximum absolute atomic E-state index is 10.2. The highest BCUT2D eigenvalue weighted by molar-refractivity contribution is 5.59. The van der Waals surface area contributed by atoms with E-state index in [1.807, 2.05) is 13.0 Å². The molecule has 4 heteroatoms. The quantitative estimate of drug-likeness (QED) is 0.800. The summed E-state index contributed by atoms with van der Waals surface area (Å²) in [6, 6.07) is 2.09. The molecular weight excluding hydrogens is 206 g/mol. The summed E-state index contributed by atoms with van der Waals surface area (Å²) in [6.07, 6.45) is 0.896. The van der Waals surface area contributed by atoms with Crippen LogP contribution in [0, 0.1) is 0 Å². The number of aromatic hydroxyl groups is 1. The Balaban J connectivity index is 2.61. The summed E-state index contributed by atoms with van der Waals surface area (Å²) < 4.78 is 10.4. The average Bonchev–Trinajstić information content (AvgIpc) is 2.28. The number of ether oxygens (including phenoxy) is 2. The van der Waals surface area contributed by atoms with Gasteiger partial charge < -0.3 is 19.9 Å². The lowest BCUT2D eigenvalue weighted by atomic mass is 9.93. The van der Waals surface area contributed by atoms with Gasteiger partial charge in [-0.1, -0.05) is 0 Å². The Labute approximate surface area is 95.2 Å². The van der Waals surface area contributed by atoms with Crippen molar-refractivity contribution >= 4 is 0 Å². The van der Waals surface area contributed by atoms with Crippen molar-refractivity contribution in [3.8, 4) is 17.2 Å². The molecule has 1 atom stereocenters. The van der Waals surface area contributed by atoms with E-state index in [2.05, 4.69) is 5.32 Å². The highest BCUT2D eigenvalue weighted by Gasteiger charge is 2.25. The van der Waals surface area contributed by atoms with Gasteiger partial charge >= 0.3 is 0 Å². The Hall–Kier alpha value is -1.42. The molecule has 0 aromatic heterocycles. The van der Waals surface area contributed by atoms with Crippen LogP contribution in [0.5, 0.6) is 17.2 Å². The number of fused-ring (bicyclic) bond motifs is 1. The third-order valence-electron chi connectivity index (χ3n) is 3.05. The van der Waals surface area contributed by atoms with E-state index in [0.717, 1.165) is 24.1 Å². The van der Waals surface area contributed by atoms with Gasteiger partial charge in [-0.3, -0.25) is 0 Å². The predicted molar refractivity (Wildman–Crippen MR) is 61.3 cm³/mol. The van der Waals surface area contributed by atoms with Crippen molar-refractivity contribution in [2.45, 2.75) is 19.4 Å². The molecule has 0 saturated carbocycles. The maximum atomic E-state index is 10.2. The number of methoxy groups -OCH3 is 2. The molecule has 0 spiro atoms. The van der Waals surface area contributed by atoms with Crippen LogP contribution in [0.4, 0.5) is 0 Å². The molecular formula is C12H17NO3. The highest BCUT2D eigenvalue weighted by atomic mass is 16.5. The number of benzene rings is 1. The number of phenolic OH excluding ortho intramolecular Hbond substituents is 1. The molecule has 0 fully saturated rings.